The topological polar surface area (TPSA) is 67.9 Å². The van der Waals surface area contributed by atoms with E-state index < -0.39 is 5.54 Å². The van der Waals surface area contributed by atoms with E-state index in [4.69, 9.17) is 9.47 Å². The molecule has 1 N–H and O–H groups in total. The average molecular weight is 443 g/mol. The maximum atomic E-state index is 13.4. The second-order valence-electron chi connectivity index (χ2n) is 7.32. The third kappa shape index (κ3) is 2.60. The van der Waals surface area contributed by atoms with Gasteiger partial charge in [0.2, 0.25) is 0 Å². The molecule has 2 aromatic rings. The SMILES string of the molecule is O=C1N[C@]2(CCCc3ccccc32)C(=O)N1Cc1cc2c(cc1Br)OCCO2. The molecule has 0 radical (unpaired) electrons. The Bertz CT molecular complexity index is 992. The molecule has 3 aliphatic rings. The molecule has 2 aromatic carbocycles. The Morgan fingerprint density at radius 3 is 2.68 bits per heavy atom. The Hall–Kier alpha value is -2.54. The van der Waals surface area contributed by atoms with Gasteiger partial charge < -0.3 is 14.8 Å². The van der Waals surface area contributed by atoms with Crippen molar-refractivity contribution in [3.63, 3.8) is 0 Å². The minimum atomic E-state index is -0.952. The number of hydrogen-bond acceptors (Lipinski definition) is 4. The summed E-state index contributed by atoms with van der Waals surface area (Å²) in [6, 6.07) is 11.2. The lowest BCUT2D eigenvalue weighted by atomic mass is 9.76. The van der Waals surface area contributed by atoms with Crippen LogP contribution in [0.4, 0.5) is 4.79 Å². The summed E-state index contributed by atoms with van der Waals surface area (Å²) in [6.45, 7) is 1.16. The highest BCUT2D eigenvalue weighted by Gasteiger charge is 2.53. The molecule has 1 aliphatic carbocycles. The molecule has 1 fully saturated rings. The molecule has 0 bridgehead atoms. The Morgan fingerprint density at radius 1 is 1.11 bits per heavy atom. The molecule has 28 heavy (non-hydrogen) atoms. The van der Waals surface area contributed by atoms with Crippen LogP contribution >= 0.6 is 15.9 Å². The van der Waals surface area contributed by atoms with Crippen LogP contribution in [0, 0.1) is 0 Å². The summed E-state index contributed by atoms with van der Waals surface area (Å²) in [4.78, 5) is 27.5. The number of rotatable bonds is 2. The fourth-order valence-electron chi connectivity index (χ4n) is 4.35. The van der Waals surface area contributed by atoms with Gasteiger partial charge in [-0.2, -0.15) is 0 Å². The standard InChI is InChI=1S/C21H19BrN2O4/c22-16-11-18-17(27-8-9-28-18)10-14(16)12-24-19(25)21(23-20(24)26)7-3-5-13-4-1-2-6-15(13)21/h1-2,4,6,10-11H,3,5,7-9,12H2,(H,23,26)/t21-/m0/s1. The summed E-state index contributed by atoms with van der Waals surface area (Å²) in [5.74, 6) is 1.11. The predicted octanol–water partition coefficient (Wildman–Crippen LogP) is 3.50. The third-order valence-corrected chi connectivity index (χ3v) is 6.43. The van der Waals surface area contributed by atoms with Crippen LogP contribution < -0.4 is 14.8 Å². The van der Waals surface area contributed by atoms with Crippen molar-refractivity contribution in [1.29, 1.82) is 0 Å². The van der Waals surface area contributed by atoms with Crippen LogP contribution in [0.5, 0.6) is 11.5 Å². The Labute approximate surface area is 170 Å². The Kier molecular flexibility index (Phi) is 4.08. The number of benzene rings is 2. The average Bonchev–Trinajstić information content (AvgIpc) is 2.93. The first-order valence-corrected chi connectivity index (χ1v) is 10.2. The van der Waals surface area contributed by atoms with E-state index in [1.807, 2.05) is 36.4 Å². The molecule has 3 amide bonds. The highest BCUT2D eigenvalue weighted by Crippen LogP contribution is 2.41. The fourth-order valence-corrected chi connectivity index (χ4v) is 4.80. The predicted molar refractivity (Wildman–Crippen MR) is 105 cm³/mol. The number of nitrogens with zero attached hydrogens (tertiary/aromatic N) is 1. The van der Waals surface area contributed by atoms with E-state index >= 15 is 0 Å². The quantitative estimate of drug-likeness (QED) is 0.722. The molecule has 0 aromatic heterocycles. The summed E-state index contributed by atoms with van der Waals surface area (Å²) < 4.78 is 12.0. The van der Waals surface area contributed by atoms with E-state index in [1.165, 1.54) is 4.90 Å². The number of nitrogens with one attached hydrogen (secondary N) is 1. The molecule has 0 unspecified atom stereocenters. The van der Waals surface area contributed by atoms with Crippen LogP contribution in [0.25, 0.3) is 0 Å². The van der Waals surface area contributed by atoms with E-state index in [0.29, 0.717) is 31.1 Å². The van der Waals surface area contributed by atoms with Crippen molar-refractivity contribution in [1.82, 2.24) is 10.2 Å². The van der Waals surface area contributed by atoms with Crippen molar-refractivity contribution in [2.24, 2.45) is 0 Å². The molecule has 1 spiro atoms. The van der Waals surface area contributed by atoms with Gasteiger partial charge in [0.1, 0.15) is 18.8 Å². The minimum Gasteiger partial charge on any atom is -0.486 e. The normalized spacial score (nSPS) is 23.0. The maximum absolute atomic E-state index is 13.4. The highest BCUT2D eigenvalue weighted by atomic mass is 79.9. The van der Waals surface area contributed by atoms with Crippen molar-refractivity contribution >= 4 is 27.9 Å². The zero-order valence-corrected chi connectivity index (χ0v) is 16.8. The van der Waals surface area contributed by atoms with E-state index in [0.717, 1.165) is 34.0 Å². The zero-order valence-electron chi connectivity index (χ0n) is 15.2. The number of aryl methyl sites for hydroxylation is 1. The molecule has 2 heterocycles. The molecule has 2 aliphatic heterocycles. The summed E-state index contributed by atoms with van der Waals surface area (Å²) in [5.41, 5.74) is 1.90. The molecule has 144 valence electrons. The van der Waals surface area contributed by atoms with Crippen molar-refractivity contribution < 1.29 is 19.1 Å². The molecule has 5 rings (SSSR count). The second kappa shape index (κ2) is 6.51. The number of imide groups is 1. The smallest absolute Gasteiger partial charge is 0.325 e. The monoisotopic (exact) mass is 442 g/mol. The third-order valence-electron chi connectivity index (χ3n) is 5.69. The number of fused-ring (bicyclic) bond motifs is 3. The van der Waals surface area contributed by atoms with Crippen LogP contribution in [0.3, 0.4) is 0 Å². The van der Waals surface area contributed by atoms with E-state index in [1.54, 1.807) is 0 Å². The Morgan fingerprint density at radius 2 is 1.86 bits per heavy atom. The van der Waals surface area contributed by atoms with E-state index in [-0.39, 0.29) is 18.5 Å². The molecule has 6 nitrogen and oxygen atoms in total. The van der Waals surface area contributed by atoms with Crippen molar-refractivity contribution in [3.8, 4) is 11.5 Å². The lowest BCUT2D eigenvalue weighted by Crippen LogP contribution is -2.46. The molecule has 7 heteroatoms. The van der Waals surface area contributed by atoms with Crippen LogP contribution in [0.1, 0.15) is 29.5 Å². The Balaban J connectivity index is 1.49. The summed E-state index contributed by atoms with van der Waals surface area (Å²) in [5, 5.41) is 2.99. The van der Waals surface area contributed by atoms with Gasteiger partial charge in [0, 0.05) is 4.47 Å². The van der Waals surface area contributed by atoms with Gasteiger partial charge in [-0.15, -0.1) is 0 Å². The number of carbonyl (C=O) groups excluding carboxylic acids is 2. The van der Waals surface area contributed by atoms with Crippen LogP contribution in [0.2, 0.25) is 0 Å². The number of hydrogen-bond donors (Lipinski definition) is 1. The number of amides is 3. The first-order valence-electron chi connectivity index (χ1n) is 9.39. The molecule has 0 saturated carbocycles. The summed E-state index contributed by atoms with van der Waals surface area (Å²) in [7, 11) is 0. The lowest BCUT2D eigenvalue weighted by molar-refractivity contribution is -0.132. The maximum Gasteiger partial charge on any atom is 0.325 e. The number of urea groups is 1. The van der Waals surface area contributed by atoms with Crippen LogP contribution in [-0.2, 0) is 23.3 Å². The van der Waals surface area contributed by atoms with Crippen molar-refractivity contribution in [2.45, 2.75) is 31.3 Å². The fraction of sp³-hybridized carbons (Fsp3) is 0.333. The zero-order chi connectivity index (χ0) is 19.3. The number of ether oxygens (including phenoxy) is 2. The summed E-state index contributed by atoms with van der Waals surface area (Å²) in [6.07, 6.45) is 2.41. The summed E-state index contributed by atoms with van der Waals surface area (Å²) >= 11 is 3.53. The van der Waals surface area contributed by atoms with Crippen LogP contribution in [0.15, 0.2) is 40.9 Å². The minimum absolute atomic E-state index is 0.172. The van der Waals surface area contributed by atoms with Gasteiger partial charge in [0.25, 0.3) is 5.91 Å². The lowest BCUT2D eigenvalue weighted by Gasteiger charge is -2.33. The van der Waals surface area contributed by atoms with E-state index in [2.05, 4.69) is 21.2 Å². The van der Waals surface area contributed by atoms with Gasteiger partial charge in [-0.05, 0) is 48.1 Å². The van der Waals surface area contributed by atoms with Gasteiger partial charge >= 0.3 is 6.03 Å². The van der Waals surface area contributed by atoms with Gasteiger partial charge in [-0.3, -0.25) is 9.69 Å². The first-order chi connectivity index (χ1) is 13.6. The van der Waals surface area contributed by atoms with Crippen molar-refractivity contribution in [2.75, 3.05) is 13.2 Å². The molecular formula is C21H19BrN2O4. The van der Waals surface area contributed by atoms with Gasteiger partial charge in [0.15, 0.2) is 11.5 Å². The van der Waals surface area contributed by atoms with Crippen LogP contribution in [-0.4, -0.2) is 30.1 Å². The molecular weight excluding hydrogens is 424 g/mol. The van der Waals surface area contributed by atoms with Gasteiger partial charge in [-0.1, -0.05) is 40.2 Å². The second-order valence-corrected chi connectivity index (χ2v) is 8.18. The highest BCUT2D eigenvalue weighted by molar-refractivity contribution is 9.10. The molecule has 1 atom stereocenters. The molecule has 1 saturated heterocycles. The largest absolute Gasteiger partial charge is 0.486 e. The van der Waals surface area contributed by atoms with Crippen molar-refractivity contribution in [3.05, 3.63) is 57.6 Å². The number of halogens is 1. The van der Waals surface area contributed by atoms with Gasteiger partial charge in [-0.25, -0.2) is 4.79 Å². The first kappa shape index (κ1) is 17.6. The number of carbonyl (C=O) groups is 2. The van der Waals surface area contributed by atoms with E-state index in [9.17, 15) is 9.59 Å². The van der Waals surface area contributed by atoms with Gasteiger partial charge in [0.05, 0.1) is 6.54 Å².